The number of carbonyl (C=O) groups is 1. The van der Waals surface area contributed by atoms with Crippen LogP contribution in [-0.2, 0) is 0 Å². The minimum atomic E-state index is -1.21. The second-order valence-electron chi connectivity index (χ2n) is 1.01. The number of rotatable bonds is 1. The number of carboxylic acid groups (broad SMARTS) is 1. The molecule has 0 saturated heterocycles. The summed E-state index contributed by atoms with van der Waals surface area (Å²) in [6.45, 7) is 0. The van der Waals surface area contributed by atoms with Crippen LogP contribution in [0.2, 0.25) is 0 Å². The van der Waals surface area contributed by atoms with Crippen molar-refractivity contribution in [3.05, 3.63) is 5.82 Å². The van der Waals surface area contributed by atoms with Crippen molar-refractivity contribution in [2.45, 2.75) is 0 Å². The summed E-state index contributed by atoms with van der Waals surface area (Å²) in [6.07, 6.45) is 0. The molecule has 1 heterocycles. The molecule has 1 aromatic rings. The summed E-state index contributed by atoms with van der Waals surface area (Å²) >= 11 is 0. The first-order valence-corrected chi connectivity index (χ1v) is 1.72. The Hall–Kier alpha value is 0.176. The Balaban J connectivity index is 0.000000640. The topological polar surface area (TPSA) is 90.1 Å². The van der Waals surface area contributed by atoms with Gasteiger partial charge < -0.3 is 10.2 Å². The number of hydrogen-bond donors (Lipinski definition) is 1. The average molecular weight is 152 g/mol. The van der Waals surface area contributed by atoms with Gasteiger partial charge in [-0.2, -0.15) is 5.21 Å². The molecule has 1 N–H and O–H groups in total. The molecule has 0 fully saturated rings. The Kier molecular flexibility index (Phi) is 4.15. The van der Waals surface area contributed by atoms with Crippen LogP contribution in [-0.4, -0.2) is 26.6 Å². The Bertz CT molecular complexity index is 184. The summed E-state index contributed by atoms with van der Waals surface area (Å²) in [6, 6.07) is 0. The molecule has 1 rings (SSSR count). The number of tetrazole rings is 1. The van der Waals surface area contributed by atoms with Gasteiger partial charge in [-0.1, -0.05) is 0 Å². The minimum Gasteiger partial charge on any atom is -0.477 e. The van der Waals surface area contributed by atoms with Gasteiger partial charge in [0.15, 0.2) is 0 Å². The van der Waals surface area contributed by atoms with E-state index < -0.39 is 5.97 Å². The van der Waals surface area contributed by atoms with E-state index in [-0.39, 0.29) is 57.2 Å². The van der Waals surface area contributed by atoms with Crippen molar-refractivity contribution < 1.29 is 61.3 Å². The van der Waals surface area contributed by atoms with E-state index in [0.29, 0.717) is 0 Å². The zero-order chi connectivity index (χ0) is 5.98. The molecule has 9 heavy (non-hydrogen) atoms. The monoisotopic (exact) mass is 152 g/mol. The first kappa shape index (κ1) is 9.18. The molecule has 0 bridgehead atoms. The molecule has 0 radical (unpaired) electrons. The van der Waals surface area contributed by atoms with Crippen molar-refractivity contribution in [1.82, 2.24) is 20.6 Å². The van der Waals surface area contributed by atoms with Crippen LogP contribution in [0.1, 0.15) is 10.6 Å². The second kappa shape index (κ2) is 4.07. The fourth-order valence-corrected chi connectivity index (χ4v) is 0.230. The summed E-state index contributed by atoms with van der Waals surface area (Å²) in [7, 11) is 0. The fraction of sp³-hybridized carbons (Fsp3) is 0. The van der Waals surface area contributed by atoms with Crippen molar-refractivity contribution in [2.24, 2.45) is 0 Å². The molecule has 0 aliphatic carbocycles. The number of aromatic nitrogens is 4. The SMILES string of the molecule is O=C(O)c1nnn[n-]1.[K+]. The molecular weight excluding hydrogens is 151 g/mol. The van der Waals surface area contributed by atoms with Crippen molar-refractivity contribution in [3.8, 4) is 0 Å². The van der Waals surface area contributed by atoms with Crippen LogP contribution in [0.4, 0.5) is 0 Å². The summed E-state index contributed by atoms with van der Waals surface area (Å²) in [4.78, 5) is 9.86. The van der Waals surface area contributed by atoms with E-state index in [2.05, 4.69) is 20.6 Å². The third kappa shape index (κ3) is 2.50. The summed E-state index contributed by atoms with van der Waals surface area (Å²) < 4.78 is 0. The maximum Gasteiger partial charge on any atom is 1.00 e. The van der Waals surface area contributed by atoms with Gasteiger partial charge in [0.2, 0.25) is 0 Å². The molecule has 0 aliphatic heterocycles. The van der Waals surface area contributed by atoms with Crippen LogP contribution < -0.4 is 56.5 Å². The molecule has 0 atom stereocenters. The zero-order valence-corrected chi connectivity index (χ0v) is 7.77. The first-order valence-electron chi connectivity index (χ1n) is 1.72. The largest absolute Gasteiger partial charge is 1.00 e. The maximum absolute atomic E-state index is 9.86. The van der Waals surface area contributed by atoms with Gasteiger partial charge >= 0.3 is 57.4 Å². The van der Waals surface area contributed by atoms with Crippen molar-refractivity contribution in [2.75, 3.05) is 0 Å². The van der Waals surface area contributed by atoms with E-state index in [1.165, 1.54) is 0 Å². The minimum absolute atomic E-state index is 0. The Morgan fingerprint density at radius 1 is 1.67 bits per heavy atom. The van der Waals surface area contributed by atoms with Crippen LogP contribution in [0.3, 0.4) is 0 Å². The molecule has 42 valence electrons. The molecule has 6 nitrogen and oxygen atoms in total. The molecule has 0 amide bonds. The van der Waals surface area contributed by atoms with Crippen molar-refractivity contribution in [3.63, 3.8) is 0 Å². The summed E-state index contributed by atoms with van der Waals surface area (Å²) in [5, 5.41) is 20.1. The summed E-state index contributed by atoms with van der Waals surface area (Å²) in [5.74, 6) is -1.58. The molecule has 1 aromatic heterocycles. The van der Waals surface area contributed by atoms with Crippen LogP contribution >= 0.6 is 0 Å². The fourth-order valence-electron chi connectivity index (χ4n) is 0.230. The van der Waals surface area contributed by atoms with Gasteiger partial charge in [-0.15, -0.1) is 0 Å². The Morgan fingerprint density at radius 3 is 2.56 bits per heavy atom. The third-order valence-corrected chi connectivity index (χ3v) is 0.510. The van der Waals surface area contributed by atoms with Gasteiger partial charge in [0.1, 0.15) is 5.82 Å². The van der Waals surface area contributed by atoms with Gasteiger partial charge in [0.05, 0.1) is 0 Å². The number of carboxylic acids is 1. The molecular formula is C2HKN4O2. The Labute approximate surface area is 92.4 Å². The summed E-state index contributed by atoms with van der Waals surface area (Å²) in [5.41, 5.74) is 0. The normalized spacial score (nSPS) is 8.00. The van der Waals surface area contributed by atoms with E-state index in [1.54, 1.807) is 0 Å². The van der Waals surface area contributed by atoms with Gasteiger partial charge in [0.25, 0.3) is 0 Å². The van der Waals surface area contributed by atoms with Gasteiger partial charge in [0, 0.05) is 0 Å². The van der Waals surface area contributed by atoms with Gasteiger partial charge in [-0.25, -0.2) is 4.79 Å². The molecule has 0 aliphatic rings. The molecule has 7 heteroatoms. The number of nitrogens with zero attached hydrogens (tertiary/aromatic N) is 4. The molecule has 0 spiro atoms. The van der Waals surface area contributed by atoms with E-state index in [4.69, 9.17) is 5.11 Å². The van der Waals surface area contributed by atoms with Gasteiger partial charge in [-0.05, 0) is 0 Å². The maximum atomic E-state index is 9.86. The predicted molar refractivity (Wildman–Crippen MR) is 20.1 cm³/mol. The van der Waals surface area contributed by atoms with Crippen LogP contribution in [0.15, 0.2) is 0 Å². The standard InChI is InChI=1S/C2H2N4O2.K/c7-2(8)1-3-5-6-4-1;/h(H2,3,4,5,6,7,8);/q;+1/p-1. The van der Waals surface area contributed by atoms with Crippen LogP contribution in [0.5, 0.6) is 0 Å². The van der Waals surface area contributed by atoms with Gasteiger partial charge in [-0.3, -0.25) is 10.3 Å². The van der Waals surface area contributed by atoms with E-state index in [9.17, 15) is 4.79 Å². The quantitative estimate of drug-likeness (QED) is 0.408. The van der Waals surface area contributed by atoms with Crippen molar-refractivity contribution in [1.29, 1.82) is 0 Å². The Morgan fingerprint density at radius 2 is 2.33 bits per heavy atom. The predicted octanol–water partition coefficient (Wildman–Crippen LogP) is -4.47. The van der Waals surface area contributed by atoms with E-state index in [0.717, 1.165) is 0 Å². The van der Waals surface area contributed by atoms with Crippen molar-refractivity contribution >= 4 is 5.97 Å². The van der Waals surface area contributed by atoms with E-state index in [1.807, 2.05) is 0 Å². The third-order valence-electron chi connectivity index (χ3n) is 0.510. The zero-order valence-electron chi connectivity index (χ0n) is 4.64. The van der Waals surface area contributed by atoms with E-state index >= 15 is 0 Å². The molecule has 0 unspecified atom stereocenters. The molecule has 0 saturated carbocycles. The number of aromatic carboxylic acids is 1. The average Bonchev–Trinajstić information content (AvgIpc) is 2.12. The number of hydrogen-bond acceptors (Lipinski definition) is 4. The van der Waals surface area contributed by atoms with Crippen LogP contribution in [0.25, 0.3) is 0 Å². The first-order chi connectivity index (χ1) is 3.80. The van der Waals surface area contributed by atoms with Crippen LogP contribution in [0, 0.1) is 0 Å². The molecule has 0 aromatic carbocycles. The second-order valence-corrected chi connectivity index (χ2v) is 1.01. The smallest absolute Gasteiger partial charge is 0.477 e.